The fourth-order valence-corrected chi connectivity index (χ4v) is 3.91. The highest BCUT2D eigenvalue weighted by Crippen LogP contribution is 2.37. The lowest BCUT2D eigenvalue weighted by Crippen LogP contribution is -2.47. The van der Waals surface area contributed by atoms with E-state index in [2.05, 4.69) is 36.7 Å². The summed E-state index contributed by atoms with van der Waals surface area (Å²) in [7, 11) is 0. The molecule has 2 aliphatic heterocycles. The normalized spacial score (nSPS) is 21.7. The third kappa shape index (κ3) is 5.35. The van der Waals surface area contributed by atoms with E-state index in [1.54, 1.807) is 11.3 Å². The number of nitrogens with zero attached hydrogens (tertiary/aromatic N) is 4. The third-order valence-corrected chi connectivity index (χ3v) is 5.55. The molecule has 1 aromatic heterocycles. The highest BCUT2D eigenvalue weighted by Gasteiger charge is 2.39. The van der Waals surface area contributed by atoms with Crippen molar-refractivity contribution in [1.29, 1.82) is 0 Å². The van der Waals surface area contributed by atoms with Crippen LogP contribution in [0.15, 0.2) is 15.6 Å². The molecule has 7 heteroatoms. The molecule has 1 amide bonds. The minimum atomic E-state index is -0.370. The molecule has 1 fully saturated rings. The number of amides is 1. The maximum atomic E-state index is 12.3. The van der Waals surface area contributed by atoms with Gasteiger partial charge in [-0.25, -0.2) is 4.98 Å². The van der Waals surface area contributed by atoms with Crippen LogP contribution < -0.4 is 5.32 Å². The van der Waals surface area contributed by atoms with Gasteiger partial charge < -0.3 is 5.32 Å². The maximum absolute atomic E-state index is 12.3. The van der Waals surface area contributed by atoms with Gasteiger partial charge in [0.15, 0.2) is 5.66 Å². The number of hydrogen-bond acceptors (Lipinski definition) is 6. The lowest BCUT2D eigenvalue weighted by atomic mass is 10.0. The first kappa shape index (κ1) is 18.0. The van der Waals surface area contributed by atoms with Gasteiger partial charge in [0.05, 0.1) is 10.7 Å². The van der Waals surface area contributed by atoms with Crippen molar-refractivity contribution in [2.75, 3.05) is 13.1 Å². The number of hydrogen-bond donors (Lipinski definition) is 1. The number of carbonyl (C=O) groups is 1. The Balaban J connectivity index is 1.40. The van der Waals surface area contributed by atoms with E-state index >= 15 is 0 Å². The molecule has 1 unspecified atom stereocenters. The zero-order valence-corrected chi connectivity index (χ0v) is 15.5. The molecular formula is C18H25N5OS. The maximum Gasteiger partial charge on any atom is 0.220 e. The summed E-state index contributed by atoms with van der Waals surface area (Å²) in [5.41, 5.74) is 0.756. The van der Waals surface area contributed by atoms with Crippen molar-refractivity contribution in [3.8, 4) is 12.3 Å². The summed E-state index contributed by atoms with van der Waals surface area (Å²) in [6.07, 6.45) is 9.96. The number of terminal acetylenes is 1. The molecule has 25 heavy (non-hydrogen) atoms. The van der Waals surface area contributed by atoms with Crippen LogP contribution in [0.1, 0.15) is 49.2 Å². The number of piperidine rings is 1. The van der Waals surface area contributed by atoms with E-state index in [0.29, 0.717) is 19.3 Å². The molecule has 2 aliphatic rings. The second kappa shape index (κ2) is 8.07. The van der Waals surface area contributed by atoms with Crippen molar-refractivity contribution >= 4 is 17.2 Å². The lowest BCUT2D eigenvalue weighted by molar-refractivity contribution is -0.122. The fourth-order valence-electron chi connectivity index (χ4n) is 3.31. The number of thiazole rings is 1. The molecule has 1 atom stereocenters. The van der Waals surface area contributed by atoms with Gasteiger partial charge in [-0.05, 0) is 26.3 Å². The minimum absolute atomic E-state index is 0.0914. The largest absolute Gasteiger partial charge is 0.352 e. The van der Waals surface area contributed by atoms with Gasteiger partial charge in [-0.1, -0.05) is 0 Å². The Labute approximate surface area is 153 Å². The quantitative estimate of drug-likeness (QED) is 0.726. The van der Waals surface area contributed by atoms with Crippen LogP contribution >= 0.6 is 11.3 Å². The molecule has 3 rings (SSSR count). The first-order valence-corrected chi connectivity index (χ1v) is 9.77. The van der Waals surface area contributed by atoms with Crippen molar-refractivity contribution in [3.05, 3.63) is 16.1 Å². The van der Waals surface area contributed by atoms with Gasteiger partial charge >= 0.3 is 0 Å². The van der Waals surface area contributed by atoms with Crippen LogP contribution in [0.2, 0.25) is 0 Å². The van der Waals surface area contributed by atoms with Gasteiger partial charge in [-0.3, -0.25) is 9.69 Å². The molecule has 1 aromatic rings. The van der Waals surface area contributed by atoms with Gasteiger partial charge in [-0.2, -0.15) is 10.2 Å². The summed E-state index contributed by atoms with van der Waals surface area (Å²) in [4.78, 5) is 19.2. The highest BCUT2D eigenvalue weighted by atomic mass is 32.1. The Bertz CT molecular complexity index is 671. The molecule has 1 N–H and O–H groups in total. The Morgan fingerprint density at radius 3 is 3.04 bits per heavy atom. The van der Waals surface area contributed by atoms with Crippen molar-refractivity contribution in [2.45, 2.75) is 63.7 Å². The Kier molecular flexibility index (Phi) is 5.82. The van der Waals surface area contributed by atoms with E-state index in [9.17, 15) is 4.79 Å². The average molecular weight is 359 g/mol. The molecule has 0 aliphatic carbocycles. The van der Waals surface area contributed by atoms with E-state index in [1.807, 2.05) is 6.92 Å². The Morgan fingerprint density at radius 2 is 2.36 bits per heavy atom. The zero-order valence-electron chi connectivity index (χ0n) is 14.7. The highest BCUT2D eigenvalue weighted by molar-refractivity contribution is 7.09. The molecule has 0 bridgehead atoms. The average Bonchev–Trinajstić information content (AvgIpc) is 3.26. The smallest absolute Gasteiger partial charge is 0.220 e. The van der Waals surface area contributed by atoms with Gasteiger partial charge in [0.2, 0.25) is 5.91 Å². The third-order valence-electron chi connectivity index (χ3n) is 4.73. The predicted octanol–water partition coefficient (Wildman–Crippen LogP) is 2.89. The molecule has 0 saturated carbocycles. The van der Waals surface area contributed by atoms with Crippen LogP contribution in [0.5, 0.6) is 0 Å². The van der Waals surface area contributed by atoms with Crippen LogP contribution in [0.4, 0.5) is 0 Å². The van der Waals surface area contributed by atoms with E-state index < -0.39 is 0 Å². The topological polar surface area (TPSA) is 70.0 Å². The predicted molar refractivity (Wildman–Crippen MR) is 98.2 cm³/mol. The van der Waals surface area contributed by atoms with Crippen LogP contribution in [-0.4, -0.2) is 40.6 Å². The second-order valence-electron chi connectivity index (χ2n) is 6.89. The van der Waals surface area contributed by atoms with Crippen LogP contribution in [0.3, 0.4) is 0 Å². The number of carbonyl (C=O) groups excluding carboxylic acids is 1. The SMILES string of the molecule is C#CCCC1(CCC(=O)NC2CCCN(Cc3csc(C)n3)C2)N=N1. The van der Waals surface area contributed by atoms with E-state index in [-0.39, 0.29) is 17.6 Å². The number of nitrogens with one attached hydrogen (secondary N) is 1. The minimum Gasteiger partial charge on any atom is -0.352 e. The Hall–Kier alpha value is -1.78. The van der Waals surface area contributed by atoms with Gasteiger partial charge in [0, 0.05) is 50.2 Å². The van der Waals surface area contributed by atoms with Crippen molar-refractivity contribution in [1.82, 2.24) is 15.2 Å². The number of aromatic nitrogens is 1. The molecule has 0 aromatic carbocycles. The van der Waals surface area contributed by atoms with Crippen LogP contribution in [-0.2, 0) is 11.3 Å². The monoisotopic (exact) mass is 359 g/mol. The molecule has 6 nitrogen and oxygen atoms in total. The molecule has 0 radical (unpaired) electrons. The zero-order chi connectivity index (χ0) is 17.7. The molecule has 3 heterocycles. The van der Waals surface area contributed by atoms with E-state index in [1.165, 1.54) is 0 Å². The summed E-state index contributed by atoms with van der Waals surface area (Å²) in [6.45, 7) is 4.85. The number of likely N-dealkylation sites (tertiary alicyclic amines) is 1. The van der Waals surface area contributed by atoms with Gasteiger partial charge in [0.25, 0.3) is 0 Å². The lowest BCUT2D eigenvalue weighted by Gasteiger charge is -2.32. The van der Waals surface area contributed by atoms with Crippen molar-refractivity contribution < 1.29 is 4.79 Å². The number of rotatable bonds is 8. The summed E-state index contributed by atoms with van der Waals surface area (Å²) in [6, 6.07) is 0.218. The van der Waals surface area contributed by atoms with E-state index in [0.717, 1.165) is 49.6 Å². The molecule has 0 spiro atoms. The van der Waals surface area contributed by atoms with Gasteiger partial charge in [-0.15, -0.1) is 23.7 Å². The van der Waals surface area contributed by atoms with Gasteiger partial charge in [0.1, 0.15) is 0 Å². The fraction of sp³-hybridized carbons (Fsp3) is 0.667. The van der Waals surface area contributed by atoms with Crippen LogP contribution in [0.25, 0.3) is 0 Å². The summed E-state index contributed by atoms with van der Waals surface area (Å²) >= 11 is 1.69. The first-order chi connectivity index (χ1) is 12.1. The summed E-state index contributed by atoms with van der Waals surface area (Å²) in [5.74, 6) is 2.70. The molecule has 1 saturated heterocycles. The number of aryl methyl sites for hydroxylation is 1. The summed E-state index contributed by atoms with van der Waals surface area (Å²) < 4.78 is 0. The standard InChI is InChI=1S/C18H25N5OS/c1-3-4-8-18(21-22-18)9-7-17(24)20-15-6-5-10-23(11-15)12-16-13-25-14(2)19-16/h1,13,15H,4-12H2,2H3,(H,20,24). The molecule has 134 valence electrons. The first-order valence-electron chi connectivity index (χ1n) is 8.89. The van der Waals surface area contributed by atoms with Crippen molar-refractivity contribution in [2.24, 2.45) is 10.2 Å². The Morgan fingerprint density at radius 1 is 1.52 bits per heavy atom. The second-order valence-corrected chi connectivity index (χ2v) is 7.95. The van der Waals surface area contributed by atoms with Crippen molar-refractivity contribution in [3.63, 3.8) is 0 Å². The summed E-state index contributed by atoms with van der Waals surface area (Å²) in [5, 5.41) is 14.6. The van der Waals surface area contributed by atoms with E-state index in [4.69, 9.17) is 6.42 Å². The van der Waals surface area contributed by atoms with Crippen LogP contribution in [0, 0.1) is 19.3 Å². The molecular weight excluding hydrogens is 334 g/mol.